The summed E-state index contributed by atoms with van der Waals surface area (Å²) in [5.41, 5.74) is 1.03. The largest absolute Gasteiger partial charge is 0.481 e. The van der Waals surface area contributed by atoms with Crippen LogP contribution in [-0.2, 0) is 11.2 Å². The van der Waals surface area contributed by atoms with E-state index >= 15 is 0 Å². The summed E-state index contributed by atoms with van der Waals surface area (Å²) in [5.74, 6) is -0.762. The van der Waals surface area contributed by atoms with Gasteiger partial charge in [0.2, 0.25) is 0 Å². The van der Waals surface area contributed by atoms with Crippen LogP contribution in [0.15, 0.2) is 0 Å². The molecule has 13 heavy (non-hydrogen) atoms. The summed E-state index contributed by atoms with van der Waals surface area (Å²) in [6.07, 6.45) is 0.760. The standard InChI is InChI=1S/C9H11ClO2S/c1-5-7(3-4-8(11)12)13-6(2)9(5)10/h3-4H2,1-2H3,(H,11,12). The van der Waals surface area contributed by atoms with Crippen LogP contribution >= 0.6 is 22.9 Å². The number of carboxylic acids is 1. The number of aryl methyl sites for hydroxylation is 2. The number of hydrogen-bond acceptors (Lipinski definition) is 2. The fourth-order valence-corrected chi connectivity index (χ4v) is 2.51. The lowest BCUT2D eigenvalue weighted by Gasteiger charge is -1.95. The van der Waals surface area contributed by atoms with Crippen molar-refractivity contribution in [3.8, 4) is 0 Å². The second-order valence-electron chi connectivity index (χ2n) is 2.91. The van der Waals surface area contributed by atoms with E-state index in [9.17, 15) is 4.79 Å². The Hall–Kier alpha value is -0.540. The van der Waals surface area contributed by atoms with Crippen molar-refractivity contribution in [2.45, 2.75) is 26.7 Å². The van der Waals surface area contributed by atoms with Gasteiger partial charge in [-0.1, -0.05) is 11.6 Å². The summed E-state index contributed by atoms with van der Waals surface area (Å²) in [6.45, 7) is 3.88. The third-order valence-electron chi connectivity index (χ3n) is 1.90. The van der Waals surface area contributed by atoms with Crippen molar-refractivity contribution >= 4 is 28.9 Å². The zero-order chi connectivity index (χ0) is 10.0. The van der Waals surface area contributed by atoms with E-state index in [4.69, 9.17) is 16.7 Å². The summed E-state index contributed by atoms with van der Waals surface area (Å²) < 4.78 is 0. The fraction of sp³-hybridized carbons (Fsp3) is 0.444. The third kappa shape index (κ3) is 2.45. The van der Waals surface area contributed by atoms with Crippen molar-refractivity contribution in [1.82, 2.24) is 0 Å². The summed E-state index contributed by atoms with van der Waals surface area (Å²) >= 11 is 7.56. The Kier molecular flexibility index (Phi) is 3.33. The molecule has 1 N–H and O–H groups in total. The molecule has 2 nitrogen and oxygen atoms in total. The molecular formula is C9H11ClO2S. The predicted octanol–water partition coefficient (Wildman–Crippen LogP) is 3.04. The highest BCUT2D eigenvalue weighted by Crippen LogP contribution is 2.32. The molecule has 0 radical (unpaired) electrons. The fourth-order valence-electron chi connectivity index (χ4n) is 1.15. The van der Waals surface area contributed by atoms with Crippen molar-refractivity contribution in [2.24, 2.45) is 0 Å². The van der Waals surface area contributed by atoms with Gasteiger partial charge in [0.15, 0.2) is 0 Å². The van der Waals surface area contributed by atoms with Crippen molar-refractivity contribution in [1.29, 1.82) is 0 Å². The van der Waals surface area contributed by atoms with E-state index in [1.54, 1.807) is 11.3 Å². The maximum atomic E-state index is 10.3. The third-order valence-corrected chi connectivity index (χ3v) is 3.84. The van der Waals surface area contributed by atoms with Crippen molar-refractivity contribution in [3.05, 3.63) is 20.3 Å². The Balaban J connectivity index is 2.78. The van der Waals surface area contributed by atoms with Gasteiger partial charge in [0.25, 0.3) is 0 Å². The maximum Gasteiger partial charge on any atom is 0.303 e. The first-order valence-electron chi connectivity index (χ1n) is 3.98. The maximum absolute atomic E-state index is 10.3. The van der Waals surface area contributed by atoms with E-state index in [2.05, 4.69) is 0 Å². The number of thiophene rings is 1. The number of rotatable bonds is 3. The van der Waals surface area contributed by atoms with Crippen LogP contribution in [0, 0.1) is 13.8 Å². The van der Waals surface area contributed by atoms with Crippen LogP contribution < -0.4 is 0 Å². The lowest BCUT2D eigenvalue weighted by atomic mass is 10.2. The van der Waals surface area contributed by atoms with Gasteiger partial charge in [0, 0.05) is 9.75 Å². The van der Waals surface area contributed by atoms with Crippen LogP contribution in [0.4, 0.5) is 0 Å². The molecule has 1 heterocycles. The van der Waals surface area contributed by atoms with E-state index in [1.807, 2.05) is 13.8 Å². The Morgan fingerprint density at radius 3 is 2.54 bits per heavy atom. The van der Waals surface area contributed by atoms with Crippen molar-refractivity contribution in [3.63, 3.8) is 0 Å². The number of carboxylic acid groups (broad SMARTS) is 1. The Labute approximate surface area is 86.2 Å². The summed E-state index contributed by atoms with van der Waals surface area (Å²) in [7, 11) is 0. The zero-order valence-electron chi connectivity index (χ0n) is 7.56. The van der Waals surface area contributed by atoms with Gasteiger partial charge >= 0.3 is 5.97 Å². The summed E-state index contributed by atoms with van der Waals surface area (Å²) in [6, 6.07) is 0. The Morgan fingerprint density at radius 1 is 1.54 bits per heavy atom. The molecule has 0 aromatic carbocycles. The molecule has 0 aliphatic carbocycles. The van der Waals surface area contributed by atoms with Crippen LogP contribution in [0.2, 0.25) is 5.02 Å². The predicted molar refractivity (Wildman–Crippen MR) is 54.8 cm³/mol. The molecular weight excluding hydrogens is 208 g/mol. The van der Waals surface area contributed by atoms with E-state index in [-0.39, 0.29) is 6.42 Å². The second-order valence-corrected chi connectivity index (χ2v) is 4.60. The van der Waals surface area contributed by atoms with Crippen molar-refractivity contribution < 1.29 is 9.90 Å². The molecule has 0 amide bonds. The van der Waals surface area contributed by atoms with Gasteiger partial charge in [-0.2, -0.15) is 0 Å². The Bertz CT molecular complexity index is 331. The molecule has 4 heteroatoms. The van der Waals surface area contributed by atoms with Crippen molar-refractivity contribution in [2.75, 3.05) is 0 Å². The topological polar surface area (TPSA) is 37.3 Å². The molecule has 0 fully saturated rings. The lowest BCUT2D eigenvalue weighted by molar-refractivity contribution is -0.136. The van der Waals surface area contributed by atoms with Crippen LogP contribution in [0.1, 0.15) is 21.7 Å². The SMILES string of the molecule is Cc1sc(CCC(=O)O)c(C)c1Cl. The summed E-state index contributed by atoms with van der Waals surface area (Å²) in [5, 5.41) is 9.30. The zero-order valence-corrected chi connectivity index (χ0v) is 9.13. The number of carbonyl (C=O) groups is 1. The van der Waals surface area contributed by atoms with Gasteiger partial charge in [-0.3, -0.25) is 4.79 Å². The first kappa shape index (κ1) is 10.5. The summed E-state index contributed by atoms with van der Waals surface area (Å²) in [4.78, 5) is 12.5. The molecule has 0 bridgehead atoms. The second kappa shape index (κ2) is 4.11. The van der Waals surface area contributed by atoms with Gasteiger partial charge in [0.1, 0.15) is 0 Å². The van der Waals surface area contributed by atoms with Crippen LogP contribution in [0.5, 0.6) is 0 Å². The molecule has 0 unspecified atom stereocenters. The minimum Gasteiger partial charge on any atom is -0.481 e. The minimum absolute atomic E-state index is 0.178. The molecule has 0 spiro atoms. The molecule has 1 aromatic heterocycles. The van der Waals surface area contributed by atoms with Crippen LogP contribution in [-0.4, -0.2) is 11.1 Å². The highest BCUT2D eigenvalue weighted by Gasteiger charge is 2.10. The van der Waals surface area contributed by atoms with E-state index in [0.29, 0.717) is 6.42 Å². The monoisotopic (exact) mass is 218 g/mol. The molecule has 0 saturated heterocycles. The average Bonchev–Trinajstić information content (AvgIpc) is 2.29. The van der Waals surface area contributed by atoms with Crippen LogP contribution in [0.3, 0.4) is 0 Å². The Morgan fingerprint density at radius 2 is 2.15 bits per heavy atom. The van der Waals surface area contributed by atoms with E-state index < -0.39 is 5.97 Å². The van der Waals surface area contributed by atoms with Gasteiger partial charge < -0.3 is 5.11 Å². The highest BCUT2D eigenvalue weighted by atomic mass is 35.5. The minimum atomic E-state index is -0.762. The van der Waals surface area contributed by atoms with E-state index in [1.165, 1.54) is 0 Å². The van der Waals surface area contributed by atoms with Gasteiger partial charge in [-0.05, 0) is 25.8 Å². The van der Waals surface area contributed by atoms with Crippen LogP contribution in [0.25, 0.3) is 0 Å². The molecule has 1 rings (SSSR count). The average molecular weight is 219 g/mol. The van der Waals surface area contributed by atoms with Gasteiger partial charge in [-0.25, -0.2) is 0 Å². The number of aliphatic carboxylic acids is 1. The molecule has 1 aromatic rings. The molecule has 0 atom stereocenters. The number of halogens is 1. The van der Waals surface area contributed by atoms with E-state index in [0.717, 1.165) is 20.3 Å². The van der Waals surface area contributed by atoms with Gasteiger partial charge in [0.05, 0.1) is 11.4 Å². The molecule has 0 saturated carbocycles. The first-order valence-corrected chi connectivity index (χ1v) is 5.18. The normalized spacial score (nSPS) is 10.4. The first-order chi connectivity index (χ1) is 6.02. The molecule has 72 valence electrons. The molecule has 0 aliphatic rings. The lowest BCUT2D eigenvalue weighted by Crippen LogP contribution is -1.96. The van der Waals surface area contributed by atoms with Gasteiger partial charge in [-0.15, -0.1) is 11.3 Å². The highest BCUT2D eigenvalue weighted by molar-refractivity contribution is 7.12. The smallest absolute Gasteiger partial charge is 0.303 e. The molecule has 0 aliphatic heterocycles. The quantitative estimate of drug-likeness (QED) is 0.847. The number of hydrogen-bond donors (Lipinski definition) is 1.